The SMILES string of the molecule is CC1Oc2cc(C(=O)NCCc3ccccc3F)ccc2N(C)C1=O. The van der Waals surface area contributed by atoms with Crippen LogP contribution in [0.5, 0.6) is 5.75 Å². The molecule has 1 N–H and O–H groups in total. The van der Waals surface area contributed by atoms with Gasteiger partial charge < -0.3 is 15.0 Å². The van der Waals surface area contributed by atoms with Crippen LogP contribution in [0.15, 0.2) is 42.5 Å². The second-order valence-corrected chi connectivity index (χ2v) is 5.94. The summed E-state index contributed by atoms with van der Waals surface area (Å²) in [6.45, 7) is 2.00. The van der Waals surface area contributed by atoms with Crippen LogP contribution in [0.4, 0.5) is 10.1 Å². The van der Waals surface area contributed by atoms with E-state index >= 15 is 0 Å². The molecule has 1 aliphatic heterocycles. The maximum absolute atomic E-state index is 13.6. The Kier molecular flexibility index (Phi) is 4.70. The molecule has 0 spiro atoms. The van der Waals surface area contributed by atoms with E-state index in [1.807, 2.05) is 0 Å². The predicted molar refractivity (Wildman–Crippen MR) is 92.4 cm³/mol. The molecule has 2 aromatic carbocycles. The number of nitrogens with one attached hydrogen (secondary N) is 1. The number of hydrogen-bond acceptors (Lipinski definition) is 3. The Hall–Kier alpha value is -2.89. The van der Waals surface area contributed by atoms with Crippen molar-refractivity contribution in [2.45, 2.75) is 19.4 Å². The van der Waals surface area contributed by atoms with E-state index in [0.29, 0.717) is 35.5 Å². The zero-order chi connectivity index (χ0) is 18.0. The molecule has 130 valence electrons. The minimum absolute atomic E-state index is 0.130. The van der Waals surface area contributed by atoms with Gasteiger partial charge in [-0.05, 0) is 43.2 Å². The van der Waals surface area contributed by atoms with E-state index in [-0.39, 0.29) is 17.6 Å². The molecule has 25 heavy (non-hydrogen) atoms. The number of rotatable bonds is 4. The summed E-state index contributed by atoms with van der Waals surface area (Å²) >= 11 is 0. The third-order valence-corrected chi connectivity index (χ3v) is 4.20. The first-order chi connectivity index (χ1) is 12.0. The van der Waals surface area contributed by atoms with Crippen molar-refractivity contribution in [2.24, 2.45) is 0 Å². The molecule has 1 unspecified atom stereocenters. The Morgan fingerprint density at radius 3 is 2.80 bits per heavy atom. The maximum atomic E-state index is 13.6. The molecule has 2 aromatic rings. The second kappa shape index (κ2) is 6.93. The first-order valence-electron chi connectivity index (χ1n) is 8.07. The van der Waals surface area contributed by atoms with Crippen LogP contribution in [-0.4, -0.2) is 31.5 Å². The Morgan fingerprint density at radius 1 is 1.28 bits per heavy atom. The average Bonchev–Trinajstić information content (AvgIpc) is 2.61. The lowest BCUT2D eigenvalue weighted by Gasteiger charge is -2.30. The lowest BCUT2D eigenvalue weighted by Crippen LogP contribution is -2.42. The summed E-state index contributed by atoms with van der Waals surface area (Å²) in [7, 11) is 1.67. The molecule has 0 fully saturated rings. The number of hydrogen-bond donors (Lipinski definition) is 1. The van der Waals surface area contributed by atoms with Gasteiger partial charge in [0.05, 0.1) is 5.69 Å². The summed E-state index contributed by atoms with van der Waals surface area (Å²) in [5.74, 6) is -0.179. The fourth-order valence-electron chi connectivity index (χ4n) is 2.77. The second-order valence-electron chi connectivity index (χ2n) is 5.94. The zero-order valence-corrected chi connectivity index (χ0v) is 14.1. The molecular weight excluding hydrogens is 323 g/mol. The zero-order valence-electron chi connectivity index (χ0n) is 14.1. The van der Waals surface area contributed by atoms with Crippen molar-refractivity contribution in [1.29, 1.82) is 0 Å². The number of halogens is 1. The summed E-state index contributed by atoms with van der Waals surface area (Å²) in [6.07, 6.45) is -0.175. The number of likely N-dealkylation sites (N-methyl/N-ethyl adjacent to an activating group) is 1. The lowest BCUT2D eigenvalue weighted by atomic mass is 10.1. The van der Waals surface area contributed by atoms with E-state index in [9.17, 15) is 14.0 Å². The summed E-state index contributed by atoms with van der Waals surface area (Å²) in [5.41, 5.74) is 1.62. The van der Waals surface area contributed by atoms with Crippen LogP contribution < -0.4 is 15.0 Å². The molecule has 0 saturated carbocycles. The molecule has 3 rings (SSSR count). The summed E-state index contributed by atoms with van der Waals surface area (Å²) < 4.78 is 19.1. The van der Waals surface area contributed by atoms with Crippen LogP contribution in [0.2, 0.25) is 0 Å². The molecular formula is C19H19FN2O3. The number of fused-ring (bicyclic) bond motifs is 1. The Morgan fingerprint density at radius 2 is 2.04 bits per heavy atom. The van der Waals surface area contributed by atoms with E-state index < -0.39 is 6.10 Å². The van der Waals surface area contributed by atoms with Crippen molar-refractivity contribution in [1.82, 2.24) is 5.32 Å². The summed E-state index contributed by atoms with van der Waals surface area (Å²) in [5, 5.41) is 2.77. The average molecular weight is 342 g/mol. The number of amides is 2. The monoisotopic (exact) mass is 342 g/mol. The highest BCUT2D eigenvalue weighted by Crippen LogP contribution is 2.33. The van der Waals surface area contributed by atoms with Gasteiger partial charge >= 0.3 is 0 Å². The normalized spacial score (nSPS) is 16.2. The van der Waals surface area contributed by atoms with Gasteiger partial charge in [-0.2, -0.15) is 0 Å². The highest BCUT2D eigenvalue weighted by molar-refractivity contribution is 6.01. The van der Waals surface area contributed by atoms with Crippen LogP contribution in [-0.2, 0) is 11.2 Å². The maximum Gasteiger partial charge on any atom is 0.267 e. The number of carbonyl (C=O) groups excluding carboxylic acids is 2. The molecule has 5 nitrogen and oxygen atoms in total. The number of carbonyl (C=O) groups is 2. The Labute approximate surface area is 145 Å². The van der Waals surface area contributed by atoms with Gasteiger partial charge in [0.1, 0.15) is 11.6 Å². The van der Waals surface area contributed by atoms with Crippen LogP contribution in [0.3, 0.4) is 0 Å². The quantitative estimate of drug-likeness (QED) is 0.929. The van der Waals surface area contributed by atoms with E-state index in [2.05, 4.69) is 5.32 Å². The number of anilines is 1. The third kappa shape index (κ3) is 3.47. The third-order valence-electron chi connectivity index (χ3n) is 4.20. The number of ether oxygens (including phenoxy) is 1. The van der Waals surface area contributed by atoms with Crippen molar-refractivity contribution in [3.63, 3.8) is 0 Å². The molecule has 2 amide bonds. The van der Waals surface area contributed by atoms with Gasteiger partial charge in [0.25, 0.3) is 11.8 Å². The van der Waals surface area contributed by atoms with Gasteiger partial charge in [-0.3, -0.25) is 9.59 Å². The topological polar surface area (TPSA) is 58.6 Å². The fourth-order valence-corrected chi connectivity index (χ4v) is 2.77. The van der Waals surface area contributed by atoms with E-state index in [1.54, 1.807) is 50.4 Å². The van der Waals surface area contributed by atoms with Crippen LogP contribution in [0, 0.1) is 5.82 Å². The molecule has 1 aliphatic rings. The van der Waals surface area contributed by atoms with Crippen LogP contribution in [0.25, 0.3) is 0 Å². The summed E-state index contributed by atoms with van der Waals surface area (Å²) in [4.78, 5) is 25.7. The van der Waals surface area contributed by atoms with E-state index in [4.69, 9.17) is 4.74 Å². The first-order valence-corrected chi connectivity index (χ1v) is 8.07. The predicted octanol–water partition coefficient (Wildman–Crippen LogP) is 2.54. The molecule has 0 aromatic heterocycles. The van der Waals surface area contributed by atoms with Crippen LogP contribution in [0.1, 0.15) is 22.8 Å². The molecule has 0 aliphatic carbocycles. The highest BCUT2D eigenvalue weighted by atomic mass is 19.1. The van der Waals surface area contributed by atoms with Crippen molar-refractivity contribution < 1.29 is 18.7 Å². The molecule has 0 radical (unpaired) electrons. The van der Waals surface area contributed by atoms with Gasteiger partial charge in [-0.15, -0.1) is 0 Å². The molecule has 6 heteroatoms. The van der Waals surface area contributed by atoms with Crippen molar-refractivity contribution >= 4 is 17.5 Å². The van der Waals surface area contributed by atoms with Crippen LogP contribution >= 0.6 is 0 Å². The number of benzene rings is 2. The smallest absolute Gasteiger partial charge is 0.267 e. The number of nitrogens with zero attached hydrogens (tertiary/aromatic N) is 1. The minimum Gasteiger partial charge on any atom is -0.479 e. The van der Waals surface area contributed by atoms with E-state index in [1.165, 1.54) is 11.0 Å². The van der Waals surface area contributed by atoms with Crippen molar-refractivity contribution in [3.05, 3.63) is 59.4 Å². The van der Waals surface area contributed by atoms with E-state index in [0.717, 1.165) is 0 Å². The Balaban J connectivity index is 1.66. The molecule has 0 bridgehead atoms. The standard InChI is InChI=1S/C19H19FN2O3/c1-12-19(24)22(2)16-8-7-14(11-17(16)25-12)18(23)21-10-9-13-5-3-4-6-15(13)20/h3-8,11-12H,9-10H2,1-2H3,(H,21,23). The Bertz CT molecular complexity index is 822. The van der Waals surface area contributed by atoms with Gasteiger partial charge in [-0.1, -0.05) is 18.2 Å². The fraction of sp³-hybridized carbons (Fsp3) is 0.263. The lowest BCUT2D eigenvalue weighted by molar-refractivity contribution is -0.125. The summed E-state index contributed by atoms with van der Waals surface area (Å²) in [6, 6.07) is 11.4. The minimum atomic E-state index is -0.586. The first kappa shape index (κ1) is 17.0. The largest absolute Gasteiger partial charge is 0.479 e. The van der Waals surface area contributed by atoms with Crippen molar-refractivity contribution in [2.75, 3.05) is 18.5 Å². The van der Waals surface area contributed by atoms with Gasteiger partial charge in [0.2, 0.25) is 0 Å². The van der Waals surface area contributed by atoms with Gasteiger partial charge in [-0.25, -0.2) is 4.39 Å². The molecule has 1 atom stereocenters. The van der Waals surface area contributed by atoms with Gasteiger partial charge in [0.15, 0.2) is 6.10 Å². The van der Waals surface area contributed by atoms with Gasteiger partial charge in [0, 0.05) is 19.2 Å². The molecule has 1 heterocycles. The van der Waals surface area contributed by atoms with Crippen molar-refractivity contribution in [3.8, 4) is 5.75 Å². The molecule has 0 saturated heterocycles. The highest BCUT2D eigenvalue weighted by Gasteiger charge is 2.29.